The maximum absolute atomic E-state index is 9.43. The first kappa shape index (κ1) is 15.4. The average molecular weight is 205 g/mol. The molecule has 0 atom stereocenters. The van der Waals surface area contributed by atoms with E-state index in [9.17, 15) is 9.59 Å². The van der Waals surface area contributed by atoms with Crippen molar-refractivity contribution in [1.29, 1.82) is 0 Å². The van der Waals surface area contributed by atoms with Crippen LogP contribution in [0, 0.1) is 0 Å². The molecule has 0 saturated heterocycles. The highest BCUT2D eigenvalue weighted by Crippen LogP contribution is 1.95. The number of carbonyl (C=O) groups is 2. The molecule has 0 fully saturated rings. The summed E-state index contributed by atoms with van der Waals surface area (Å²) in [6, 6.07) is 0. The van der Waals surface area contributed by atoms with E-state index in [4.69, 9.17) is 15.9 Å². The highest BCUT2D eigenvalue weighted by Gasteiger charge is 2.01. The summed E-state index contributed by atoms with van der Waals surface area (Å²) in [5, 5.41) is 15.4. The van der Waals surface area contributed by atoms with Gasteiger partial charge in [-0.3, -0.25) is 9.59 Å². The van der Waals surface area contributed by atoms with Gasteiger partial charge in [0.1, 0.15) is 6.42 Å². The van der Waals surface area contributed by atoms with E-state index in [-0.39, 0.29) is 0 Å². The van der Waals surface area contributed by atoms with Gasteiger partial charge in [-0.25, -0.2) is 0 Å². The molecule has 4 N–H and O–H groups in total. The highest BCUT2D eigenvalue weighted by molar-refractivity contribution is 5.88. The Kier molecular flexibility index (Phi) is 13.1. The third-order valence-electron chi connectivity index (χ3n) is 1.36. The van der Waals surface area contributed by atoms with Gasteiger partial charge in [0.05, 0.1) is 0 Å². The third-order valence-corrected chi connectivity index (χ3v) is 1.36. The molecule has 0 aliphatic carbocycles. The van der Waals surface area contributed by atoms with Gasteiger partial charge in [-0.05, 0) is 13.0 Å². The van der Waals surface area contributed by atoms with Crippen molar-refractivity contribution in [1.82, 2.24) is 0 Å². The molecule has 0 spiro atoms. The van der Waals surface area contributed by atoms with Gasteiger partial charge in [-0.1, -0.05) is 26.2 Å². The minimum atomic E-state index is -1.31. The number of hydrogen-bond acceptors (Lipinski definition) is 3. The van der Waals surface area contributed by atoms with Gasteiger partial charge in [0, 0.05) is 0 Å². The van der Waals surface area contributed by atoms with E-state index in [0.29, 0.717) is 0 Å². The van der Waals surface area contributed by atoms with Crippen LogP contribution in [-0.4, -0.2) is 28.7 Å². The van der Waals surface area contributed by atoms with Crippen LogP contribution in [0.3, 0.4) is 0 Å². The number of carboxylic acid groups (broad SMARTS) is 2. The predicted molar refractivity (Wildman–Crippen MR) is 53.1 cm³/mol. The van der Waals surface area contributed by atoms with Gasteiger partial charge in [0.2, 0.25) is 0 Å². The molecule has 0 aromatic rings. The molecule has 0 radical (unpaired) electrons. The van der Waals surface area contributed by atoms with E-state index in [0.717, 1.165) is 6.54 Å². The van der Waals surface area contributed by atoms with Crippen LogP contribution in [0.15, 0.2) is 0 Å². The lowest BCUT2D eigenvalue weighted by atomic mass is 10.2. The van der Waals surface area contributed by atoms with E-state index in [2.05, 4.69) is 6.92 Å². The lowest BCUT2D eigenvalue weighted by molar-refractivity contribution is -0.147. The summed E-state index contributed by atoms with van der Waals surface area (Å²) in [6.45, 7) is 3.07. The Morgan fingerprint density at radius 2 is 1.57 bits per heavy atom. The van der Waals surface area contributed by atoms with Crippen LogP contribution >= 0.6 is 0 Å². The second kappa shape index (κ2) is 11.9. The van der Waals surface area contributed by atoms with Crippen LogP contribution in [0.1, 0.15) is 39.0 Å². The summed E-state index contributed by atoms with van der Waals surface area (Å²) in [5.74, 6) is -2.62. The van der Waals surface area contributed by atoms with E-state index in [1.165, 1.54) is 25.7 Å². The van der Waals surface area contributed by atoms with Gasteiger partial charge in [0.15, 0.2) is 0 Å². The Labute approximate surface area is 83.9 Å². The van der Waals surface area contributed by atoms with Crippen molar-refractivity contribution in [3.63, 3.8) is 0 Å². The molecule has 14 heavy (non-hydrogen) atoms. The monoisotopic (exact) mass is 205 g/mol. The van der Waals surface area contributed by atoms with Gasteiger partial charge in [0.25, 0.3) is 0 Å². The molecule has 0 unspecified atom stereocenters. The number of hydrogen-bond donors (Lipinski definition) is 3. The molecule has 5 heteroatoms. The second-order valence-electron chi connectivity index (χ2n) is 2.81. The summed E-state index contributed by atoms with van der Waals surface area (Å²) in [6.07, 6.45) is 4.36. The standard InChI is InChI=1S/C6H15N.C3H4O4/c1-2-3-4-5-6-7;4-2(5)1-3(6)7/h2-7H2,1H3;1H2,(H,4,5)(H,6,7). The fraction of sp³-hybridized carbons (Fsp3) is 0.778. The van der Waals surface area contributed by atoms with Crippen LogP contribution in [0.25, 0.3) is 0 Å². The molecule has 84 valence electrons. The summed E-state index contributed by atoms with van der Waals surface area (Å²) in [4.78, 5) is 18.9. The fourth-order valence-corrected chi connectivity index (χ4v) is 0.700. The summed E-state index contributed by atoms with van der Waals surface area (Å²) >= 11 is 0. The number of rotatable bonds is 6. The quantitative estimate of drug-likeness (QED) is 0.445. The SMILES string of the molecule is CCCCCCN.O=C(O)CC(=O)O. The largest absolute Gasteiger partial charge is 0.481 e. The van der Waals surface area contributed by atoms with E-state index in [1.54, 1.807) is 0 Å². The normalized spacial score (nSPS) is 8.71. The van der Waals surface area contributed by atoms with Gasteiger partial charge in [-0.15, -0.1) is 0 Å². The Hall–Kier alpha value is -1.10. The second-order valence-corrected chi connectivity index (χ2v) is 2.81. The first-order valence-corrected chi connectivity index (χ1v) is 4.68. The highest BCUT2D eigenvalue weighted by atomic mass is 16.4. The van der Waals surface area contributed by atoms with Gasteiger partial charge >= 0.3 is 11.9 Å². The Morgan fingerprint density at radius 1 is 1.07 bits per heavy atom. The zero-order chi connectivity index (χ0) is 11.4. The van der Waals surface area contributed by atoms with Crippen molar-refractivity contribution >= 4 is 11.9 Å². The topological polar surface area (TPSA) is 101 Å². The first-order valence-electron chi connectivity index (χ1n) is 4.68. The van der Waals surface area contributed by atoms with Crippen LogP contribution in [-0.2, 0) is 9.59 Å². The van der Waals surface area contributed by atoms with Crippen molar-refractivity contribution in [2.75, 3.05) is 6.54 Å². The molecule has 0 saturated carbocycles. The summed E-state index contributed by atoms with van der Waals surface area (Å²) < 4.78 is 0. The van der Waals surface area contributed by atoms with E-state index in [1.807, 2.05) is 0 Å². The molecule has 0 aliphatic rings. The molecule has 0 aliphatic heterocycles. The van der Waals surface area contributed by atoms with Crippen molar-refractivity contribution in [3.05, 3.63) is 0 Å². The summed E-state index contributed by atoms with van der Waals surface area (Å²) in [5.41, 5.74) is 5.27. The molecule has 0 bridgehead atoms. The molecular formula is C9H19NO4. The lowest BCUT2D eigenvalue weighted by Crippen LogP contribution is -2.03. The maximum atomic E-state index is 9.43. The Bertz CT molecular complexity index is 143. The fourth-order valence-electron chi connectivity index (χ4n) is 0.700. The van der Waals surface area contributed by atoms with Crippen molar-refractivity contribution < 1.29 is 19.8 Å². The average Bonchev–Trinajstić information content (AvgIpc) is 2.04. The number of carboxylic acids is 2. The zero-order valence-corrected chi connectivity index (χ0v) is 8.53. The van der Waals surface area contributed by atoms with Crippen LogP contribution in [0.2, 0.25) is 0 Å². The number of aliphatic carboxylic acids is 2. The third kappa shape index (κ3) is 22.4. The van der Waals surface area contributed by atoms with E-state index >= 15 is 0 Å². The Balaban J connectivity index is 0. The molecule has 0 heterocycles. The minimum Gasteiger partial charge on any atom is -0.481 e. The van der Waals surface area contributed by atoms with Crippen molar-refractivity contribution in [2.45, 2.75) is 39.0 Å². The molecule has 0 aromatic carbocycles. The molecule has 0 aromatic heterocycles. The molecular weight excluding hydrogens is 186 g/mol. The molecule has 0 amide bonds. The first-order chi connectivity index (χ1) is 6.54. The minimum absolute atomic E-state index is 0.806. The van der Waals surface area contributed by atoms with Crippen LogP contribution in [0.5, 0.6) is 0 Å². The predicted octanol–water partition coefficient (Wildman–Crippen LogP) is 1.07. The van der Waals surface area contributed by atoms with Gasteiger partial charge < -0.3 is 15.9 Å². The molecule has 5 nitrogen and oxygen atoms in total. The summed E-state index contributed by atoms with van der Waals surface area (Å²) in [7, 11) is 0. The van der Waals surface area contributed by atoms with Gasteiger partial charge in [-0.2, -0.15) is 0 Å². The van der Waals surface area contributed by atoms with Crippen LogP contribution in [0.4, 0.5) is 0 Å². The lowest BCUT2D eigenvalue weighted by Gasteiger charge is -1.90. The molecule has 0 rings (SSSR count). The smallest absolute Gasteiger partial charge is 0.314 e. The maximum Gasteiger partial charge on any atom is 0.314 e. The van der Waals surface area contributed by atoms with Crippen LogP contribution < -0.4 is 5.73 Å². The Morgan fingerprint density at radius 3 is 1.79 bits per heavy atom. The van der Waals surface area contributed by atoms with E-state index < -0.39 is 18.4 Å². The number of nitrogens with two attached hydrogens (primary N) is 1. The van der Waals surface area contributed by atoms with Crippen molar-refractivity contribution in [2.24, 2.45) is 5.73 Å². The zero-order valence-electron chi connectivity index (χ0n) is 8.53. The number of unbranched alkanes of at least 4 members (excludes halogenated alkanes) is 3. The van der Waals surface area contributed by atoms with Crippen molar-refractivity contribution in [3.8, 4) is 0 Å².